The number of carbonyl (C=O) groups is 1. The third-order valence-corrected chi connectivity index (χ3v) is 3.73. The molecule has 0 N–H and O–H groups in total. The molecule has 3 atom stereocenters. The van der Waals surface area contributed by atoms with E-state index in [0.29, 0.717) is 24.3 Å². The lowest BCUT2D eigenvalue weighted by atomic mass is 9.67. The van der Waals surface area contributed by atoms with E-state index in [9.17, 15) is 4.79 Å². The minimum Gasteiger partial charge on any atom is -0.444 e. The first-order valence-corrected chi connectivity index (χ1v) is 6.39. The van der Waals surface area contributed by atoms with Crippen molar-refractivity contribution in [3.05, 3.63) is 10.4 Å². The van der Waals surface area contributed by atoms with E-state index >= 15 is 0 Å². The summed E-state index contributed by atoms with van der Waals surface area (Å²) in [5.41, 5.74) is 7.88. The second kappa shape index (κ2) is 4.69. The molecule has 6 nitrogen and oxygen atoms in total. The van der Waals surface area contributed by atoms with Gasteiger partial charge >= 0.3 is 6.09 Å². The number of ether oxygens (including phenoxy) is 1. The summed E-state index contributed by atoms with van der Waals surface area (Å²) in [5, 5.41) is 3.63. The maximum absolute atomic E-state index is 11.9. The molecular formula is C12H20N4O2. The fourth-order valence-corrected chi connectivity index (χ4v) is 2.87. The fourth-order valence-electron chi connectivity index (χ4n) is 2.87. The zero-order valence-electron chi connectivity index (χ0n) is 11.2. The van der Waals surface area contributed by atoms with E-state index in [2.05, 4.69) is 10.0 Å². The third-order valence-electron chi connectivity index (χ3n) is 3.73. The van der Waals surface area contributed by atoms with Crippen molar-refractivity contribution in [3.63, 3.8) is 0 Å². The van der Waals surface area contributed by atoms with Gasteiger partial charge in [0.2, 0.25) is 0 Å². The fraction of sp³-hybridized carbons (Fsp3) is 0.917. The predicted octanol–water partition coefficient (Wildman–Crippen LogP) is 2.80. The lowest BCUT2D eigenvalue weighted by molar-refractivity contribution is 0.0287. The largest absolute Gasteiger partial charge is 0.444 e. The van der Waals surface area contributed by atoms with Gasteiger partial charge in [-0.2, -0.15) is 0 Å². The van der Waals surface area contributed by atoms with Crippen LogP contribution in [0.15, 0.2) is 5.11 Å². The molecule has 6 heteroatoms. The van der Waals surface area contributed by atoms with Crippen molar-refractivity contribution in [2.75, 3.05) is 19.6 Å². The molecule has 0 bridgehead atoms. The molecule has 1 saturated carbocycles. The summed E-state index contributed by atoms with van der Waals surface area (Å²) in [6.45, 7) is 7.71. The van der Waals surface area contributed by atoms with E-state index in [1.807, 2.05) is 20.8 Å². The van der Waals surface area contributed by atoms with Gasteiger partial charge < -0.3 is 9.64 Å². The van der Waals surface area contributed by atoms with Crippen molar-refractivity contribution in [1.29, 1.82) is 0 Å². The van der Waals surface area contributed by atoms with E-state index in [1.54, 1.807) is 4.90 Å². The number of amides is 1. The number of fused-ring (bicyclic) bond motifs is 1. The second-order valence-corrected chi connectivity index (χ2v) is 6.22. The second-order valence-electron chi connectivity index (χ2n) is 6.22. The van der Waals surface area contributed by atoms with Gasteiger partial charge in [-0.05, 0) is 50.5 Å². The first-order valence-electron chi connectivity index (χ1n) is 6.39. The highest BCUT2D eigenvalue weighted by Crippen LogP contribution is 2.46. The smallest absolute Gasteiger partial charge is 0.410 e. The van der Waals surface area contributed by atoms with Crippen LogP contribution in [-0.2, 0) is 4.74 Å². The Kier molecular flexibility index (Phi) is 3.39. The Balaban J connectivity index is 1.86. The molecule has 1 aliphatic heterocycles. The summed E-state index contributed by atoms with van der Waals surface area (Å²) >= 11 is 0. The van der Waals surface area contributed by atoms with Crippen molar-refractivity contribution in [1.82, 2.24) is 4.90 Å². The van der Waals surface area contributed by atoms with Gasteiger partial charge in [0.05, 0.1) is 0 Å². The lowest BCUT2D eigenvalue weighted by Gasteiger charge is -2.38. The molecule has 2 fully saturated rings. The molecule has 0 aromatic rings. The van der Waals surface area contributed by atoms with Crippen LogP contribution in [0.5, 0.6) is 0 Å². The van der Waals surface area contributed by atoms with Crippen LogP contribution in [-0.4, -0.2) is 36.2 Å². The number of carbonyl (C=O) groups excluding carboxylic acids is 1. The molecule has 18 heavy (non-hydrogen) atoms. The molecule has 1 saturated heterocycles. The summed E-state index contributed by atoms with van der Waals surface area (Å²) in [6.07, 6.45) is 0.836. The summed E-state index contributed by atoms with van der Waals surface area (Å²) in [4.78, 5) is 16.5. The molecule has 1 aliphatic carbocycles. The number of likely N-dealkylation sites (tertiary alicyclic amines) is 1. The van der Waals surface area contributed by atoms with Crippen molar-refractivity contribution in [2.24, 2.45) is 22.9 Å². The molecular weight excluding hydrogens is 232 g/mol. The number of hydrogen-bond donors (Lipinski definition) is 0. The quantitative estimate of drug-likeness (QED) is 0.430. The maximum Gasteiger partial charge on any atom is 0.410 e. The van der Waals surface area contributed by atoms with Gasteiger partial charge in [-0.1, -0.05) is 5.11 Å². The Labute approximate surface area is 107 Å². The van der Waals surface area contributed by atoms with E-state index in [-0.39, 0.29) is 6.09 Å². The molecule has 2 rings (SSSR count). The average molecular weight is 252 g/mol. The predicted molar refractivity (Wildman–Crippen MR) is 66.9 cm³/mol. The van der Waals surface area contributed by atoms with Crippen molar-refractivity contribution < 1.29 is 9.53 Å². The number of nitrogens with zero attached hydrogens (tertiary/aromatic N) is 4. The Morgan fingerprint density at radius 3 is 2.83 bits per heavy atom. The van der Waals surface area contributed by atoms with Crippen LogP contribution in [0.4, 0.5) is 4.79 Å². The summed E-state index contributed by atoms with van der Waals surface area (Å²) in [5.74, 6) is 1.50. The van der Waals surface area contributed by atoms with Crippen LogP contribution in [0.25, 0.3) is 10.4 Å². The first kappa shape index (κ1) is 13.0. The number of azide groups is 1. The normalized spacial score (nSPS) is 30.2. The van der Waals surface area contributed by atoms with Gasteiger partial charge in [-0.15, -0.1) is 0 Å². The van der Waals surface area contributed by atoms with Crippen LogP contribution < -0.4 is 0 Å². The number of rotatable bonds is 2. The summed E-state index contributed by atoms with van der Waals surface area (Å²) in [6, 6.07) is 0. The monoisotopic (exact) mass is 252 g/mol. The first-order chi connectivity index (χ1) is 8.40. The molecule has 2 aliphatic rings. The minimum atomic E-state index is -0.441. The van der Waals surface area contributed by atoms with Crippen molar-refractivity contribution in [2.45, 2.75) is 32.8 Å². The Morgan fingerprint density at radius 2 is 2.22 bits per heavy atom. The SMILES string of the molecule is CC(C)(C)OC(=O)N1CC2CC(CN=[N+]=[N-])C2C1. The van der Waals surface area contributed by atoms with Gasteiger partial charge in [-0.25, -0.2) is 4.79 Å². The zero-order chi connectivity index (χ0) is 13.3. The highest BCUT2D eigenvalue weighted by atomic mass is 16.6. The van der Waals surface area contributed by atoms with E-state index in [1.165, 1.54) is 0 Å². The van der Waals surface area contributed by atoms with Crippen molar-refractivity contribution >= 4 is 6.09 Å². The van der Waals surface area contributed by atoms with Crippen LogP contribution in [0.3, 0.4) is 0 Å². The summed E-state index contributed by atoms with van der Waals surface area (Å²) in [7, 11) is 0. The standard InChI is InChI=1S/C12H20N4O2/c1-12(2,3)18-11(17)16-6-9-4-8(5-14-15-13)10(9)7-16/h8-10H,4-7H2,1-3H3. The zero-order valence-corrected chi connectivity index (χ0v) is 11.2. The average Bonchev–Trinajstić information content (AvgIpc) is 2.55. The van der Waals surface area contributed by atoms with Crippen LogP contribution in [0.1, 0.15) is 27.2 Å². The van der Waals surface area contributed by atoms with E-state index < -0.39 is 5.60 Å². The van der Waals surface area contributed by atoms with Crippen LogP contribution in [0, 0.1) is 17.8 Å². The van der Waals surface area contributed by atoms with Crippen LogP contribution >= 0.6 is 0 Å². The molecule has 0 spiro atoms. The van der Waals surface area contributed by atoms with Crippen molar-refractivity contribution in [3.8, 4) is 0 Å². The van der Waals surface area contributed by atoms with E-state index in [0.717, 1.165) is 19.5 Å². The van der Waals surface area contributed by atoms with E-state index in [4.69, 9.17) is 10.3 Å². The van der Waals surface area contributed by atoms with Gasteiger partial charge in [0, 0.05) is 24.5 Å². The lowest BCUT2D eigenvalue weighted by Crippen LogP contribution is -2.37. The molecule has 3 unspecified atom stereocenters. The minimum absolute atomic E-state index is 0.223. The molecule has 1 heterocycles. The summed E-state index contributed by atoms with van der Waals surface area (Å²) < 4.78 is 5.37. The Hall–Kier alpha value is -1.42. The topological polar surface area (TPSA) is 78.3 Å². The highest BCUT2D eigenvalue weighted by Gasteiger charge is 2.48. The van der Waals surface area contributed by atoms with Gasteiger partial charge in [0.1, 0.15) is 5.60 Å². The van der Waals surface area contributed by atoms with Gasteiger partial charge in [-0.3, -0.25) is 0 Å². The third kappa shape index (κ3) is 2.70. The van der Waals surface area contributed by atoms with Crippen LogP contribution in [0.2, 0.25) is 0 Å². The van der Waals surface area contributed by atoms with Gasteiger partial charge in [0.25, 0.3) is 0 Å². The highest BCUT2D eigenvalue weighted by molar-refractivity contribution is 5.68. The maximum atomic E-state index is 11.9. The van der Waals surface area contributed by atoms with Gasteiger partial charge in [0.15, 0.2) is 0 Å². The molecule has 0 radical (unpaired) electrons. The Bertz CT molecular complexity index is 384. The molecule has 0 aromatic heterocycles. The number of hydrogen-bond acceptors (Lipinski definition) is 3. The Morgan fingerprint density at radius 1 is 1.50 bits per heavy atom. The molecule has 100 valence electrons. The molecule has 1 amide bonds. The molecule has 0 aromatic carbocycles.